The van der Waals surface area contributed by atoms with Crippen LogP contribution in [0.25, 0.3) is 0 Å². The Hall–Kier alpha value is -2.43. The molecule has 0 radical (unpaired) electrons. The number of carboxylic acids is 1. The number of nitrogens with two attached hydrogens (primary N) is 1. The van der Waals surface area contributed by atoms with E-state index in [2.05, 4.69) is 54.9 Å². The Balaban J connectivity index is 1.46. The summed E-state index contributed by atoms with van der Waals surface area (Å²) in [5.74, 6) is -0.467. The van der Waals surface area contributed by atoms with Crippen molar-refractivity contribution < 1.29 is 30.0 Å². The van der Waals surface area contributed by atoms with E-state index in [0.29, 0.717) is 38.0 Å². The Morgan fingerprint density at radius 2 is 1.72 bits per heavy atom. The second kappa shape index (κ2) is 14.8. The molecular formula is C30H44N2O6S. The number of aliphatic carboxylic acids is 1. The van der Waals surface area contributed by atoms with Gasteiger partial charge in [-0.3, -0.25) is 9.59 Å². The summed E-state index contributed by atoms with van der Waals surface area (Å²) < 4.78 is 0. The van der Waals surface area contributed by atoms with Crippen molar-refractivity contribution >= 4 is 22.8 Å². The fourth-order valence-corrected chi connectivity index (χ4v) is 7.54. The minimum atomic E-state index is -1.12. The zero-order chi connectivity index (χ0) is 28.5. The van der Waals surface area contributed by atoms with Crippen LogP contribution in [-0.2, 0) is 22.4 Å². The molecule has 39 heavy (non-hydrogen) atoms. The number of aryl methyl sites for hydroxylation is 2. The minimum Gasteiger partial charge on any atom is -0.480 e. The van der Waals surface area contributed by atoms with Crippen molar-refractivity contribution in [2.45, 2.75) is 81.5 Å². The van der Waals surface area contributed by atoms with Crippen LogP contribution in [0, 0.1) is 6.92 Å². The maximum atomic E-state index is 12.1. The third kappa shape index (κ3) is 9.05. The molecular weight excluding hydrogens is 516 g/mol. The van der Waals surface area contributed by atoms with Crippen LogP contribution in [0.1, 0.15) is 65.2 Å². The molecule has 0 spiro atoms. The third-order valence-corrected chi connectivity index (χ3v) is 10.1. The Bertz CT molecular complexity index is 1100. The lowest BCUT2D eigenvalue weighted by molar-refractivity contribution is -0.138. The zero-order valence-electron chi connectivity index (χ0n) is 22.9. The highest BCUT2D eigenvalue weighted by atomic mass is 32.2. The number of aliphatic hydroxyl groups excluding tert-OH is 3. The molecule has 0 bridgehead atoms. The summed E-state index contributed by atoms with van der Waals surface area (Å²) in [6.45, 7) is 2.61. The fourth-order valence-electron chi connectivity index (χ4n) is 5.13. The Morgan fingerprint density at radius 3 is 2.41 bits per heavy atom. The number of carbonyl (C=O) groups is 2. The zero-order valence-corrected chi connectivity index (χ0v) is 23.8. The number of rotatable bonds is 13. The smallest absolute Gasteiger partial charge is 0.320 e. The van der Waals surface area contributed by atoms with Gasteiger partial charge in [0.05, 0.1) is 12.2 Å². The number of hydrogen-bond acceptors (Lipinski definition) is 6. The van der Waals surface area contributed by atoms with Gasteiger partial charge < -0.3 is 31.5 Å². The first-order valence-electron chi connectivity index (χ1n) is 13.7. The molecule has 7 N–H and O–H groups in total. The van der Waals surface area contributed by atoms with Crippen molar-refractivity contribution in [2.75, 3.05) is 18.6 Å². The van der Waals surface area contributed by atoms with Gasteiger partial charge >= 0.3 is 5.97 Å². The minimum absolute atomic E-state index is 0.00497. The van der Waals surface area contributed by atoms with Crippen LogP contribution < -0.4 is 11.1 Å². The number of thiol groups is 1. The van der Waals surface area contributed by atoms with Crippen LogP contribution in [0.4, 0.5) is 0 Å². The lowest BCUT2D eigenvalue weighted by Gasteiger charge is -2.42. The molecule has 9 heteroatoms. The van der Waals surface area contributed by atoms with E-state index in [0.717, 1.165) is 24.8 Å². The summed E-state index contributed by atoms with van der Waals surface area (Å²) in [6, 6.07) is 13.8. The molecule has 2 aromatic carbocycles. The van der Waals surface area contributed by atoms with E-state index in [1.807, 2.05) is 6.07 Å². The molecule has 1 aliphatic heterocycles. The highest BCUT2D eigenvalue weighted by Gasteiger charge is 2.40. The summed E-state index contributed by atoms with van der Waals surface area (Å²) >= 11 is 0. The monoisotopic (exact) mass is 560 g/mol. The average Bonchev–Trinajstić information content (AvgIpc) is 2.89. The summed E-state index contributed by atoms with van der Waals surface area (Å²) in [4.78, 5) is 22.8. The van der Waals surface area contributed by atoms with Gasteiger partial charge in [0.2, 0.25) is 5.91 Å². The van der Waals surface area contributed by atoms with Crippen molar-refractivity contribution in [1.82, 2.24) is 5.32 Å². The number of unbranched alkanes of at least 4 members (excludes halogenated alkanes) is 1. The maximum absolute atomic E-state index is 12.1. The first-order chi connectivity index (χ1) is 18.6. The SMILES string of the molecule is Cc1ccc([C@H]2[C@H](O)[C@H](O)[C@H](O)C[SH]2C)cc1Cc1ccc(CCCC(=O)NCCCC[C@H](N)C(=O)O)cc1. The van der Waals surface area contributed by atoms with Crippen LogP contribution in [0.3, 0.4) is 0 Å². The second-order valence-corrected chi connectivity index (χ2v) is 13.2. The van der Waals surface area contributed by atoms with E-state index >= 15 is 0 Å². The van der Waals surface area contributed by atoms with E-state index < -0.39 is 41.2 Å². The fraction of sp³-hybridized carbons (Fsp3) is 0.533. The summed E-state index contributed by atoms with van der Waals surface area (Å²) in [6.07, 6.45) is 3.67. The first kappa shape index (κ1) is 31.1. The van der Waals surface area contributed by atoms with E-state index in [9.17, 15) is 24.9 Å². The van der Waals surface area contributed by atoms with Gasteiger partial charge in [-0.05, 0) is 79.5 Å². The number of benzene rings is 2. The first-order valence-corrected chi connectivity index (χ1v) is 15.8. The normalized spacial score (nSPS) is 24.7. The third-order valence-electron chi connectivity index (χ3n) is 7.60. The number of hydrogen-bond donors (Lipinski definition) is 7. The predicted molar refractivity (Wildman–Crippen MR) is 156 cm³/mol. The number of aliphatic hydroxyl groups is 3. The Labute approximate surface area is 234 Å². The number of carboxylic acid groups (broad SMARTS) is 1. The van der Waals surface area contributed by atoms with Crippen LogP contribution in [0.2, 0.25) is 0 Å². The number of carbonyl (C=O) groups excluding carboxylic acids is 1. The highest BCUT2D eigenvalue weighted by Crippen LogP contribution is 2.48. The van der Waals surface area contributed by atoms with Gasteiger partial charge in [-0.1, -0.05) is 42.5 Å². The number of nitrogens with one attached hydrogen (secondary N) is 1. The molecule has 3 rings (SSSR count). The highest BCUT2D eigenvalue weighted by molar-refractivity contribution is 8.16. The van der Waals surface area contributed by atoms with Crippen molar-refractivity contribution in [1.29, 1.82) is 0 Å². The molecule has 6 atom stereocenters. The molecule has 1 fully saturated rings. The molecule has 1 saturated heterocycles. The standard InChI is InChI=1S/C30H44N2O6S/c1-19-9-14-22(29-28(36)27(35)25(33)18-39(29)2)17-23(19)16-21-12-10-20(11-13-21)6-5-8-26(34)32-15-4-3-7-24(31)30(37)38/h9-14,17,24-25,27-29,33,35-36,39H,3-8,15-16,18,31H2,1-2H3,(H,32,34)(H,37,38)/t24-,25+,27+,28+,29-/m0/s1. The molecule has 8 nitrogen and oxygen atoms in total. The molecule has 0 aromatic heterocycles. The van der Waals surface area contributed by atoms with E-state index in [4.69, 9.17) is 10.8 Å². The predicted octanol–water partition coefficient (Wildman–Crippen LogP) is 2.38. The Morgan fingerprint density at radius 1 is 1.03 bits per heavy atom. The molecule has 0 aliphatic carbocycles. The molecule has 1 heterocycles. The molecule has 216 valence electrons. The lowest BCUT2D eigenvalue weighted by Crippen LogP contribution is -2.47. The summed E-state index contributed by atoms with van der Waals surface area (Å²) in [5, 5.41) is 42.4. The molecule has 2 aromatic rings. The Kier molecular flexibility index (Phi) is 11.8. The average molecular weight is 561 g/mol. The van der Waals surface area contributed by atoms with Gasteiger partial charge in [0, 0.05) is 24.0 Å². The summed E-state index contributed by atoms with van der Waals surface area (Å²) in [7, 11) is -0.656. The van der Waals surface area contributed by atoms with Crippen molar-refractivity contribution in [3.8, 4) is 0 Å². The van der Waals surface area contributed by atoms with E-state index in [1.54, 1.807) is 0 Å². The van der Waals surface area contributed by atoms with Gasteiger partial charge in [-0.15, -0.1) is 0 Å². The van der Waals surface area contributed by atoms with E-state index in [1.165, 1.54) is 22.3 Å². The van der Waals surface area contributed by atoms with Crippen LogP contribution in [0.15, 0.2) is 42.5 Å². The van der Waals surface area contributed by atoms with Crippen molar-refractivity contribution in [3.05, 3.63) is 70.3 Å². The van der Waals surface area contributed by atoms with Gasteiger partial charge in [0.15, 0.2) is 0 Å². The van der Waals surface area contributed by atoms with Gasteiger partial charge in [-0.2, -0.15) is 0 Å². The largest absolute Gasteiger partial charge is 0.480 e. The molecule has 1 aliphatic rings. The number of amides is 1. The molecule has 1 unspecified atom stereocenters. The second-order valence-electron chi connectivity index (χ2n) is 10.8. The van der Waals surface area contributed by atoms with Crippen molar-refractivity contribution in [3.63, 3.8) is 0 Å². The van der Waals surface area contributed by atoms with Crippen LogP contribution >= 0.6 is 10.9 Å². The van der Waals surface area contributed by atoms with Gasteiger partial charge in [0.1, 0.15) is 12.1 Å². The van der Waals surface area contributed by atoms with Gasteiger partial charge in [0.25, 0.3) is 0 Å². The lowest BCUT2D eigenvalue weighted by atomic mass is 9.93. The van der Waals surface area contributed by atoms with Gasteiger partial charge in [-0.25, -0.2) is 10.9 Å². The summed E-state index contributed by atoms with van der Waals surface area (Å²) in [5.41, 5.74) is 11.2. The molecule has 0 saturated carbocycles. The maximum Gasteiger partial charge on any atom is 0.320 e. The van der Waals surface area contributed by atoms with Crippen molar-refractivity contribution in [2.24, 2.45) is 5.73 Å². The quantitative estimate of drug-likeness (QED) is 0.147. The molecule has 1 amide bonds. The van der Waals surface area contributed by atoms with Crippen LogP contribution in [-0.4, -0.2) is 75.2 Å². The topological polar surface area (TPSA) is 153 Å². The van der Waals surface area contributed by atoms with Crippen LogP contribution in [0.5, 0.6) is 0 Å². The van der Waals surface area contributed by atoms with E-state index in [-0.39, 0.29) is 11.2 Å².